The van der Waals surface area contributed by atoms with Crippen LogP contribution in [0.15, 0.2) is 54.6 Å². The molecule has 2 aromatic rings. The van der Waals surface area contributed by atoms with Crippen molar-refractivity contribution in [2.75, 3.05) is 5.32 Å². The van der Waals surface area contributed by atoms with E-state index in [-0.39, 0.29) is 35.4 Å². The number of hydrogen-bond acceptors (Lipinski definition) is 2. The van der Waals surface area contributed by atoms with Crippen LogP contribution in [0.4, 0.5) is 15.8 Å². The van der Waals surface area contributed by atoms with Crippen LogP contribution >= 0.6 is 0 Å². The third-order valence-corrected chi connectivity index (χ3v) is 1.91. The average Bonchev–Trinajstić information content (AvgIpc) is 2.33. The summed E-state index contributed by atoms with van der Waals surface area (Å²) in [6, 6.07) is 16.1. The van der Waals surface area contributed by atoms with Crippen LogP contribution in [-0.4, -0.2) is 40.6 Å². The summed E-state index contributed by atoms with van der Waals surface area (Å²) < 4.78 is 12.6. The van der Waals surface area contributed by atoms with Crippen molar-refractivity contribution in [1.29, 1.82) is 0 Å². The van der Waals surface area contributed by atoms with Crippen LogP contribution in [0.2, 0.25) is 0 Å². The van der Waals surface area contributed by atoms with Gasteiger partial charge in [0.2, 0.25) is 0 Å². The molecule has 0 aliphatic carbocycles. The number of halogens is 1. The van der Waals surface area contributed by atoms with E-state index in [4.69, 9.17) is 9.90 Å². The van der Waals surface area contributed by atoms with Crippen LogP contribution in [0, 0.1) is 5.82 Å². The Labute approximate surface area is 133 Å². The molecule has 19 heavy (non-hydrogen) atoms. The van der Waals surface area contributed by atoms with E-state index in [1.807, 2.05) is 30.3 Å². The van der Waals surface area contributed by atoms with Gasteiger partial charge in [-0.15, -0.1) is 0 Å². The molecule has 0 amide bonds. The van der Waals surface area contributed by atoms with Gasteiger partial charge in [0.15, 0.2) is 0 Å². The molecule has 2 N–H and O–H groups in total. The van der Waals surface area contributed by atoms with E-state index in [0.29, 0.717) is 0 Å². The van der Waals surface area contributed by atoms with Crippen LogP contribution in [-0.2, 0) is 4.79 Å². The van der Waals surface area contributed by atoms with Gasteiger partial charge < -0.3 is 10.4 Å². The second-order valence-electron chi connectivity index (χ2n) is 3.52. The Kier molecular flexibility index (Phi) is 8.87. The molecular weight excluding hydrogens is 256 g/mol. The van der Waals surface area contributed by atoms with E-state index in [0.717, 1.165) is 18.3 Å². The number of benzene rings is 2. The molecule has 1 radical (unpaired) electrons. The minimum atomic E-state index is -0.833. The molecule has 0 atom stereocenters. The van der Waals surface area contributed by atoms with Gasteiger partial charge in [-0.05, 0) is 36.4 Å². The number of para-hydroxylation sites is 1. The standard InChI is InChI=1S/C12H10FN.C2H4O2.Na/c13-10-6-8-12(9-7-10)14-11-4-2-1-3-5-11;1-2(3)4;/h1-9,14H;1H3,(H,3,4);. The number of carboxylic acids is 1. The fraction of sp³-hybridized carbons (Fsp3) is 0.0714. The molecule has 0 spiro atoms. The average molecular weight is 270 g/mol. The Morgan fingerprint density at radius 2 is 1.42 bits per heavy atom. The molecule has 0 aliphatic heterocycles. The van der Waals surface area contributed by atoms with E-state index in [1.54, 1.807) is 12.1 Å². The molecule has 95 valence electrons. The van der Waals surface area contributed by atoms with E-state index >= 15 is 0 Å². The topological polar surface area (TPSA) is 49.3 Å². The van der Waals surface area contributed by atoms with Gasteiger partial charge in [-0.3, -0.25) is 4.79 Å². The Bertz CT molecular complexity index is 485. The summed E-state index contributed by atoms with van der Waals surface area (Å²) in [6.45, 7) is 1.08. The maximum Gasteiger partial charge on any atom is 0.300 e. The predicted molar refractivity (Wildman–Crippen MR) is 75.2 cm³/mol. The Morgan fingerprint density at radius 1 is 1.00 bits per heavy atom. The summed E-state index contributed by atoms with van der Waals surface area (Å²) >= 11 is 0. The third kappa shape index (κ3) is 8.37. The Balaban J connectivity index is 0.000000576. The Morgan fingerprint density at radius 3 is 1.89 bits per heavy atom. The van der Waals surface area contributed by atoms with E-state index in [1.165, 1.54) is 12.1 Å². The summed E-state index contributed by atoms with van der Waals surface area (Å²) in [4.78, 5) is 9.00. The first-order valence-electron chi connectivity index (χ1n) is 5.35. The molecule has 0 bridgehead atoms. The SMILES string of the molecule is CC(=O)O.Fc1ccc(Nc2ccccc2)cc1.[Na]. The molecule has 0 saturated heterocycles. The molecule has 0 aromatic heterocycles. The molecule has 0 saturated carbocycles. The molecule has 3 nitrogen and oxygen atoms in total. The molecule has 0 heterocycles. The minimum Gasteiger partial charge on any atom is -0.481 e. The smallest absolute Gasteiger partial charge is 0.300 e. The van der Waals surface area contributed by atoms with Gasteiger partial charge >= 0.3 is 0 Å². The van der Waals surface area contributed by atoms with Crippen molar-refractivity contribution in [1.82, 2.24) is 0 Å². The fourth-order valence-electron chi connectivity index (χ4n) is 1.22. The van der Waals surface area contributed by atoms with Crippen LogP contribution < -0.4 is 5.32 Å². The van der Waals surface area contributed by atoms with E-state index in [9.17, 15) is 4.39 Å². The van der Waals surface area contributed by atoms with Crippen molar-refractivity contribution < 1.29 is 14.3 Å². The van der Waals surface area contributed by atoms with Gasteiger partial charge in [0.05, 0.1) is 0 Å². The zero-order valence-corrected chi connectivity index (χ0v) is 12.9. The summed E-state index contributed by atoms with van der Waals surface area (Å²) in [5, 5.41) is 10.6. The van der Waals surface area contributed by atoms with Crippen LogP contribution in [0.3, 0.4) is 0 Å². The zero-order valence-electron chi connectivity index (χ0n) is 10.9. The first kappa shape index (κ1) is 17.6. The van der Waals surface area contributed by atoms with Crippen molar-refractivity contribution >= 4 is 46.9 Å². The molecule has 5 heteroatoms. The van der Waals surface area contributed by atoms with Gasteiger partial charge in [-0.1, -0.05) is 18.2 Å². The maximum absolute atomic E-state index is 12.6. The van der Waals surface area contributed by atoms with E-state index < -0.39 is 5.97 Å². The fourth-order valence-corrected chi connectivity index (χ4v) is 1.22. The first-order valence-corrected chi connectivity index (χ1v) is 5.35. The normalized spacial score (nSPS) is 8.53. The van der Waals surface area contributed by atoms with Gasteiger partial charge in [0.25, 0.3) is 5.97 Å². The number of hydrogen-bond donors (Lipinski definition) is 2. The van der Waals surface area contributed by atoms with Crippen LogP contribution in [0.5, 0.6) is 0 Å². The van der Waals surface area contributed by atoms with Crippen molar-refractivity contribution in [2.45, 2.75) is 6.92 Å². The van der Waals surface area contributed by atoms with Gasteiger partial charge in [0.1, 0.15) is 5.82 Å². The monoisotopic (exact) mass is 270 g/mol. The predicted octanol–water partition coefficient (Wildman–Crippen LogP) is 3.28. The number of nitrogens with one attached hydrogen (secondary N) is 1. The zero-order chi connectivity index (χ0) is 13.4. The number of carboxylic acid groups (broad SMARTS) is 1. The molecular formula is C14H14FNNaO2. The second-order valence-corrected chi connectivity index (χ2v) is 3.52. The number of aliphatic carboxylic acids is 1. The first-order chi connectivity index (χ1) is 8.58. The van der Waals surface area contributed by atoms with Gasteiger partial charge in [-0.25, -0.2) is 4.39 Å². The van der Waals surface area contributed by atoms with Crippen LogP contribution in [0.1, 0.15) is 6.92 Å². The molecule has 2 aromatic carbocycles. The van der Waals surface area contributed by atoms with Gasteiger partial charge in [0, 0.05) is 47.9 Å². The summed E-state index contributed by atoms with van der Waals surface area (Å²) in [5.41, 5.74) is 1.89. The third-order valence-electron chi connectivity index (χ3n) is 1.91. The molecule has 0 fully saturated rings. The summed E-state index contributed by atoms with van der Waals surface area (Å²) in [5.74, 6) is -1.05. The molecule has 0 aliphatic rings. The number of carbonyl (C=O) groups is 1. The largest absolute Gasteiger partial charge is 0.481 e. The quantitative estimate of drug-likeness (QED) is 0.823. The van der Waals surface area contributed by atoms with E-state index in [2.05, 4.69) is 5.32 Å². The Hall–Kier alpha value is -1.36. The molecule has 0 unspecified atom stereocenters. The van der Waals surface area contributed by atoms with Crippen molar-refractivity contribution in [2.24, 2.45) is 0 Å². The van der Waals surface area contributed by atoms with Crippen LogP contribution in [0.25, 0.3) is 0 Å². The summed E-state index contributed by atoms with van der Waals surface area (Å²) in [6.07, 6.45) is 0. The van der Waals surface area contributed by atoms with Gasteiger partial charge in [-0.2, -0.15) is 0 Å². The maximum atomic E-state index is 12.6. The molecule has 2 rings (SSSR count). The van der Waals surface area contributed by atoms with Crippen molar-refractivity contribution in [3.8, 4) is 0 Å². The minimum absolute atomic E-state index is 0. The van der Waals surface area contributed by atoms with Crippen molar-refractivity contribution in [3.63, 3.8) is 0 Å². The van der Waals surface area contributed by atoms with Crippen molar-refractivity contribution in [3.05, 3.63) is 60.4 Å². The summed E-state index contributed by atoms with van der Waals surface area (Å²) in [7, 11) is 0. The number of anilines is 2. The number of rotatable bonds is 2. The second kappa shape index (κ2) is 9.55.